The minimum absolute atomic E-state index is 0.0874. The zero-order chi connectivity index (χ0) is 10.4. The molecule has 0 N–H and O–H groups in total. The van der Waals surface area contributed by atoms with Crippen LogP contribution in [0.1, 0.15) is 13.9 Å². The molecule has 0 bridgehead atoms. The van der Waals surface area contributed by atoms with Crippen LogP contribution in [-0.2, 0) is 9.78 Å². The van der Waals surface area contributed by atoms with Gasteiger partial charge in [0.2, 0.25) is 0 Å². The van der Waals surface area contributed by atoms with E-state index < -0.39 is 5.60 Å². The summed E-state index contributed by atoms with van der Waals surface area (Å²) < 4.78 is 12.2. The first-order valence-electron chi connectivity index (χ1n) is 4.50. The first kappa shape index (κ1) is 8.61. The van der Waals surface area contributed by atoms with Crippen molar-refractivity contribution in [3.8, 4) is 6.07 Å². The van der Waals surface area contributed by atoms with Gasteiger partial charge in [0.15, 0.2) is 5.60 Å². The second-order valence-electron chi connectivity index (χ2n) is 2.71. The Hall–Kier alpha value is -0.980. The summed E-state index contributed by atoms with van der Waals surface area (Å²) in [5.74, 6) is 0. The summed E-state index contributed by atoms with van der Waals surface area (Å²) in [5, 5.41) is 9.02. The van der Waals surface area contributed by atoms with Gasteiger partial charge in [0.25, 0.3) is 0 Å². The Morgan fingerprint density at radius 2 is 2.23 bits per heavy atom. The number of nitriles is 1. The first-order chi connectivity index (χ1) is 6.73. The van der Waals surface area contributed by atoms with Crippen LogP contribution in [0.25, 0.3) is 0 Å². The van der Waals surface area contributed by atoms with E-state index in [1.807, 2.05) is 30.3 Å². The fourth-order valence-corrected chi connectivity index (χ4v) is 1.37. The lowest BCUT2D eigenvalue weighted by Crippen LogP contribution is -2.20. The van der Waals surface area contributed by atoms with Crippen molar-refractivity contribution in [3.05, 3.63) is 35.9 Å². The smallest absolute Gasteiger partial charge is 0.190 e. The molecule has 0 aromatic heterocycles. The van der Waals surface area contributed by atoms with Crippen molar-refractivity contribution in [1.82, 2.24) is 0 Å². The highest BCUT2D eigenvalue weighted by atomic mass is 32.2. The highest BCUT2D eigenvalue weighted by Gasteiger charge is 2.27. The fraction of sp³-hybridized carbons (Fsp3) is 0.300. The molecule has 0 saturated carbocycles. The Balaban J connectivity index is 2.86. The molecular formula is C10H11NOS. The van der Waals surface area contributed by atoms with Gasteiger partial charge in [-0.25, -0.2) is 0 Å². The van der Waals surface area contributed by atoms with E-state index in [1.165, 1.54) is 0 Å². The maximum Gasteiger partial charge on any atom is 0.190 e. The highest BCUT2D eigenvalue weighted by Crippen LogP contribution is 2.27. The standard InChI is InChI=1S/C10H11NOS/c1-10(8-11,12-13-2)9-6-4-3-5-7-9/h3-7H,1-2H3/t10-/m0/s1/i2T. The largest absolute Gasteiger partial charge is 0.289 e. The predicted molar refractivity (Wildman–Crippen MR) is 54.0 cm³/mol. The summed E-state index contributed by atoms with van der Waals surface area (Å²) in [6.07, 6.45) is 0.0874. The molecule has 0 radical (unpaired) electrons. The van der Waals surface area contributed by atoms with Gasteiger partial charge in [0, 0.05) is 7.60 Å². The van der Waals surface area contributed by atoms with E-state index in [0.717, 1.165) is 17.6 Å². The molecule has 0 aliphatic rings. The number of rotatable bonds is 3. The van der Waals surface area contributed by atoms with Crippen LogP contribution in [0.3, 0.4) is 0 Å². The number of hydrogen-bond acceptors (Lipinski definition) is 3. The molecule has 1 aromatic rings. The van der Waals surface area contributed by atoms with E-state index in [-0.39, 0.29) is 6.23 Å². The van der Waals surface area contributed by atoms with E-state index in [2.05, 4.69) is 6.07 Å². The van der Waals surface area contributed by atoms with Gasteiger partial charge in [-0.1, -0.05) is 30.3 Å². The topological polar surface area (TPSA) is 33.0 Å². The summed E-state index contributed by atoms with van der Waals surface area (Å²) in [4.78, 5) is 0. The molecule has 3 heteroatoms. The zero-order valence-electron chi connectivity index (χ0n) is 8.36. The number of hydrogen-bond donors (Lipinski definition) is 0. The predicted octanol–water partition coefficient (Wildman–Crippen LogP) is 2.72. The normalized spacial score (nSPS) is 15.5. The van der Waals surface area contributed by atoms with Crippen LogP contribution in [0.5, 0.6) is 0 Å². The molecule has 0 aliphatic heterocycles. The molecule has 0 aliphatic carbocycles. The van der Waals surface area contributed by atoms with Gasteiger partial charge < -0.3 is 0 Å². The lowest BCUT2D eigenvalue weighted by atomic mass is 9.98. The van der Waals surface area contributed by atoms with Crippen LogP contribution in [0.2, 0.25) is 0 Å². The Bertz CT molecular complexity index is 325. The van der Waals surface area contributed by atoms with Crippen LogP contribution >= 0.6 is 12.0 Å². The van der Waals surface area contributed by atoms with Gasteiger partial charge in [0.05, 0.1) is 0 Å². The van der Waals surface area contributed by atoms with Gasteiger partial charge in [-0.3, -0.25) is 4.18 Å². The molecule has 68 valence electrons. The molecule has 0 fully saturated rings. The van der Waals surface area contributed by atoms with E-state index >= 15 is 0 Å². The SMILES string of the molecule is [3H]CSO[C@@](C)(C#N)c1ccccc1. The van der Waals surface area contributed by atoms with E-state index in [4.69, 9.17) is 10.8 Å². The quantitative estimate of drug-likeness (QED) is 0.695. The Labute approximate surface area is 84.1 Å². The lowest BCUT2D eigenvalue weighted by molar-refractivity contribution is 0.187. The van der Waals surface area contributed by atoms with Crippen molar-refractivity contribution in [2.75, 3.05) is 6.23 Å². The maximum absolute atomic E-state index is 9.02. The molecule has 13 heavy (non-hydrogen) atoms. The Morgan fingerprint density at radius 1 is 1.54 bits per heavy atom. The van der Waals surface area contributed by atoms with Gasteiger partial charge >= 0.3 is 0 Å². The number of benzene rings is 1. The third-order valence-corrected chi connectivity index (χ3v) is 2.21. The van der Waals surface area contributed by atoms with Crippen molar-refractivity contribution < 1.29 is 5.55 Å². The van der Waals surface area contributed by atoms with Crippen molar-refractivity contribution in [1.29, 1.82) is 5.26 Å². The molecule has 0 saturated heterocycles. The summed E-state index contributed by atoms with van der Waals surface area (Å²) in [6.45, 7) is 1.70. The number of nitrogens with zero attached hydrogens (tertiary/aromatic N) is 1. The summed E-state index contributed by atoms with van der Waals surface area (Å²) in [5.41, 5.74) is -0.157. The van der Waals surface area contributed by atoms with Crippen LogP contribution < -0.4 is 0 Å². The van der Waals surface area contributed by atoms with Crippen molar-refractivity contribution in [3.63, 3.8) is 0 Å². The van der Waals surface area contributed by atoms with Gasteiger partial charge in [-0.2, -0.15) is 5.26 Å². The van der Waals surface area contributed by atoms with Gasteiger partial charge in [-0.05, 0) is 24.5 Å². The third kappa shape index (κ3) is 2.24. The summed E-state index contributed by atoms with van der Waals surface area (Å²) >= 11 is 0.979. The second-order valence-corrected chi connectivity index (χ2v) is 3.11. The molecule has 1 rings (SSSR count). The van der Waals surface area contributed by atoms with Crippen molar-refractivity contribution in [2.45, 2.75) is 12.5 Å². The van der Waals surface area contributed by atoms with Gasteiger partial charge in [0.1, 0.15) is 6.07 Å². The van der Waals surface area contributed by atoms with Crippen molar-refractivity contribution in [2.24, 2.45) is 0 Å². The second kappa shape index (κ2) is 4.31. The lowest BCUT2D eigenvalue weighted by Gasteiger charge is -2.20. The molecule has 0 unspecified atom stereocenters. The average Bonchev–Trinajstić information content (AvgIpc) is 2.27. The van der Waals surface area contributed by atoms with Crippen LogP contribution in [-0.4, -0.2) is 6.23 Å². The maximum atomic E-state index is 9.02. The molecule has 2 nitrogen and oxygen atoms in total. The van der Waals surface area contributed by atoms with E-state index in [0.29, 0.717) is 0 Å². The Kier molecular flexibility index (Phi) is 2.86. The van der Waals surface area contributed by atoms with Crippen LogP contribution in [0, 0.1) is 11.3 Å². The van der Waals surface area contributed by atoms with Gasteiger partial charge in [-0.15, -0.1) is 0 Å². The molecular weight excluding hydrogens is 182 g/mol. The third-order valence-electron chi connectivity index (χ3n) is 1.76. The fourth-order valence-electron chi connectivity index (χ4n) is 1.01. The summed E-state index contributed by atoms with van der Waals surface area (Å²) in [7, 11) is 0. The molecule has 0 spiro atoms. The molecule has 0 amide bonds. The minimum Gasteiger partial charge on any atom is -0.289 e. The minimum atomic E-state index is -0.965. The van der Waals surface area contributed by atoms with Crippen LogP contribution in [0.15, 0.2) is 30.3 Å². The average molecular weight is 195 g/mol. The van der Waals surface area contributed by atoms with Crippen molar-refractivity contribution >= 4 is 12.0 Å². The van der Waals surface area contributed by atoms with Crippen LogP contribution in [0.4, 0.5) is 0 Å². The Morgan fingerprint density at radius 3 is 2.77 bits per heavy atom. The zero-order valence-corrected chi connectivity index (χ0v) is 8.17. The summed E-state index contributed by atoms with van der Waals surface area (Å²) in [6, 6.07) is 11.4. The molecule has 1 atom stereocenters. The molecule has 0 heterocycles. The monoisotopic (exact) mass is 195 g/mol. The van der Waals surface area contributed by atoms with E-state index in [9.17, 15) is 0 Å². The highest BCUT2D eigenvalue weighted by molar-refractivity contribution is 7.93. The molecule has 1 aromatic carbocycles. The first-order valence-corrected chi connectivity index (χ1v) is 4.70. The van der Waals surface area contributed by atoms with E-state index in [1.54, 1.807) is 6.92 Å².